The molecule has 2 heterocycles. The van der Waals surface area contributed by atoms with Crippen LogP contribution in [0.4, 0.5) is 5.82 Å². The Morgan fingerprint density at radius 2 is 2.25 bits per heavy atom. The molecule has 1 aromatic heterocycles. The molecule has 2 aliphatic rings. The predicted octanol–water partition coefficient (Wildman–Crippen LogP) is 0.778. The summed E-state index contributed by atoms with van der Waals surface area (Å²) in [5.74, 6) is 0.169. The van der Waals surface area contributed by atoms with Crippen molar-refractivity contribution in [3.63, 3.8) is 0 Å². The Balaban J connectivity index is 1.81. The first-order valence-corrected chi connectivity index (χ1v) is 10.2. The molecule has 0 saturated carbocycles. The first kappa shape index (κ1) is 17.7. The van der Waals surface area contributed by atoms with Crippen LogP contribution in [0.1, 0.15) is 31.6 Å². The maximum absolute atomic E-state index is 12.0. The minimum absolute atomic E-state index is 0.169. The standard InChI is InChI=1S/C14H20N3O5PS/c1-7-3-11(7)23(20,24)22-9-4-12(21-10(9)6-18)17-5-8(2)13(15)16-14(17)19/h5,9-10,12,18H,3-4,6H2,1-2H3,(H,20,24)(H2,15,16,19). The lowest BCUT2D eigenvalue weighted by Crippen LogP contribution is -2.28. The quantitative estimate of drug-likeness (QED) is 0.648. The van der Waals surface area contributed by atoms with Gasteiger partial charge in [-0.15, -0.1) is 0 Å². The molecule has 0 aromatic carbocycles. The number of aliphatic hydroxyl groups is 1. The molecule has 0 bridgehead atoms. The highest BCUT2D eigenvalue weighted by molar-refractivity contribution is 8.11. The van der Waals surface area contributed by atoms with Gasteiger partial charge in [-0.05, 0) is 32.1 Å². The van der Waals surface area contributed by atoms with Crippen LogP contribution in [0.3, 0.4) is 0 Å². The summed E-state index contributed by atoms with van der Waals surface area (Å²) in [6.45, 7) is 0.277. The molecular formula is C14H20N3O5PS. The lowest BCUT2D eigenvalue weighted by molar-refractivity contribution is -0.0418. The molecule has 1 aromatic rings. The number of hydrogen-bond donors (Lipinski definition) is 3. The minimum Gasteiger partial charge on any atom is -0.394 e. The number of aliphatic hydroxyl groups excluding tert-OH is 1. The summed E-state index contributed by atoms with van der Waals surface area (Å²) in [7, 11) is 0. The van der Waals surface area contributed by atoms with Crippen LogP contribution >= 0.6 is 6.49 Å². The fourth-order valence-corrected chi connectivity index (χ4v) is 5.35. The number of rotatable bonds is 5. The second-order valence-corrected chi connectivity index (χ2v) is 9.39. The molecule has 4 unspecified atom stereocenters. The van der Waals surface area contributed by atoms with Gasteiger partial charge in [0.15, 0.2) is 0 Å². The van der Waals surface area contributed by atoms with Crippen molar-refractivity contribution in [2.24, 2.45) is 0 Å². The molecule has 10 heteroatoms. The second-order valence-electron chi connectivity index (χ2n) is 6.11. The van der Waals surface area contributed by atoms with Gasteiger partial charge in [-0.3, -0.25) is 4.57 Å². The molecule has 132 valence electrons. The molecule has 1 saturated heterocycles. The van der Waals surface area contributed by atoms with Crippen LogP contribution in [0, 0.1) is 6.92 Å². The fourth-order valence-electron chi connectivity index (χ4n) is 2.73. The monoisotopic (exact) mass is 373 g/mol. The average Bonchev–Trinajstić information content (AvgIpc) is 3.12. The number of aryl methyl sites for hydroxylation is 1. The van der Waals surface area contributed by atoms with Crippen LogP contribution in [-0.4, -0.2) is 38.4 Å². The van der Waals surface area contributed by atoms with Crippen LogP contribution in [0.2, 0.25) is 0 Å². The van der Waals surface area contributed by atoms with Crippen LogP contribution in [-0.2, 0) is 21.1 Å². The van der Waals surface area contributed by atoms with Crippen molar-refractivity contribution in [2.45, 2.75) is 45.1 Å². The van der Waals surface area contributed by atoms with Gasteiger partial charge in [0.1, 0.15) is 18.1 Å². The molecular weight excluding hydrogens is 353 g/mol. The van der Waals surface area contributed by atoms with Crippen molar-refractivity contribution in [1.82, 2.24) is 9.55 Å². The topological polar surface area (TPSA) is 120 Å². The highest BCUT2D eigenvalue weighted by atomic mass is 32.5. The molecule has 1 aliphatic carbocycles. The van der Waals surface area contributed by atoms with Crippen LogP contribution < -0.4 is 11.4 Å². The Bertz CT molecular complexity index is 808. The van der Waals surface area contributed by atoms with Gasteiger partial charge in [0, 0.05) is 23.5 Å². The smallest absolute Gasteiger partial charge is 0.351 e. The van der Waals surface area contributed by atoms with Crippen LogP contribution in [0.5, 0.6) is 0 Å². The molecule has 1 fully saturated rings. The van der Waals surface area contributed by atoms with Gasteiger partial charge in [0.2, 0.25) is 6.49 Å². The van der Waals surface area contributed by atoms with Crippen LogP contribution in [0.15, 0.2) is 21.9 Å². The SMILES string of the molecule is CC1=C(P(O)(=S)OC2CC(n3cc(C)c(N)nc3=O)OC2CO)C1. The molecule has 0 amide bonds. The normalized spacial score (nSPS) is 28.9. The van der Waals surface area contributed by atoms with Gasteiger partial charge >= 0.3 is 5.69 Å². The lowest BCUT2D eigenvalue weighted by Gasteiger charge is -2.21. The van der Waals surface area contributed by atoms with Crippen molar-refractivity contribution < 1.29 is 19.3 Å². The average molecular weight is 373 g/mol. The number of aromatic nitrogens is 2. The van der Waals surface area contributed by atoms with E-state index in [1.807, 2.05) is 6.92 Å². The molecule has 8 nitrogen and oxygen atoms in total. The third-order valence-corrected chi connectivity index (χ3v) is 6.96. The van der Waals surface area contributed by atoms with Crippen molar-refractivity contribution in [2.75, 3.05) is 12.3 Å². The van der Waals surface area contributed by atoms with Gasteiger partial charge < -0.3 is 25.0 Å². The number of anilines is 1. The maximum atomic E-state index is 12.0. The van der Waals surface area contributed by atoms with Gasteiger partial charge in [-0.1, -0.05) is 5.57 Å². The Labute approximate surface area is 144 Å². The summed E-state index contributed by atoms with van der Waals surface area (Å²) in [6, 6.07) is 0. The van der Waals surface area contributed by atoms with Gasteiger partial charge in [-0.25, -0.2) is 4.79 Å². The highest BCUT2D eigenvalue weighted by Gasteiger charge is 2.42. The van der Waals surface area contributed by atoms with E-state index >= 15 is 0 Å². The largest absolute Gasteiger partial charge is 0.394 e. The first-order valence-electron chi connectivity index (χ1n) is 7.55. The summed E-state index contributed by atoms with van der Waals surface area (Å²) in [6.07, 6.45) is 0.608. The third kappa shape index (κ3) is 3.33. The summed E-state index contributed by atoms with van der Waals surface area (Å²) in [5.41, 5.74) is 6.79. The van der Waals surface area contributed by atoms with E-state index in [0.717, 1.165) is 10.9 Å². The number of nitrogen functional groups attached to an aromatic ring is 1. The van der Waals surface area contributed by atoms with Gasteiger partial charge in [0.05, 0.1) is 12.7 Å². The van der Waals surface area contributed by atoms with Crippen molar-refractivity contribution >= 4 is 24.1 Å². The van der Waals surface area contributed by atoms with Crippen molar-refractivity contribution in [1.29, 1.82) is 0 Å². The number of hydrogen-bond acceptors (Lipinski definition) is 7. The first-order chi connectivity index (χ1) is 11.2. The third-order valence-electron chi connectivity index (χ3n) is 4.26. The fraction of sp³-hybridized carbons (Fsp3) is 0.571. The number of nitrogens with zero attached hydrogens (tertiary/aromatic N) is 2. The number of ether oxygens (including phenoxy) is 1. The molecule has 4 N–H and O–H groups in total. The lowest BCUT2D eigenvalue weighted by atomic mass is 10.2. The molecule has 24 heavy (non-hydrogen) atoms. The van der Waals surface area contributed by atoms with Crippen LogP contribution in [0.25, 0.3) is 0 Å². The van der Waals surface area contributed by atoms with E-state index in [1.54, 1.807) is 13.1 Å². The van der Waals surface area contributed by atoms with E-state index in [-0.39, 0.29) is 18.8 Å². The van der Waals surface area contributed by atoms with E-state index in [4.69, 9.17) is 26.8 Å². The summed E-state index contributed by atoms with van der Waals surface area (Å²) in [5, 5.41) is 10.3. The maximum Gasteiger partial charge on any atom is 0.351 e. The zero-order chi connectivity index (χ0) is 17.6. The Morgan fingerprint density at radius 3 is 2.83 bits per heavy atom. The van der Waals surface area contributed by atoms with Gasteiger partial charge in [-0.2, -0.15) is 4.98 Å². The molecule has 0 spiro atoms. The van der Waals surface area contributed by atoms with Gasteiger partial charge in [0.25, 0.3) is 0 Å². The highest BCUT2D eigenvalue weighted by Crippen LogP contribution is 2.63. The summed E-state index contributed by atoms with van der Waals surface area (Å²) < 4.78 is 12.7. The predicted molar refractivity (Wildman–Crippen MR) is 92.0 cm³/mol. The van der Waals surface area contributed by atoms with E-state index in [9.17, 15) is 14.8 Å². The zero-order valence-corrected chi connectivity index (χ0v) is 15.1. The van der Waals surface area contributed by atoms with Crippen molar-refractivity contribution in [3.8, 4) is 0 Å². The molecule has 0 radical (unpaired) electrons. The summed E-state index contributed by atoms with van der Waals surface area (Å²) in [4.78, 5) is 26.2. The second kappa shape index (κ2) is 6.33. The van der Waals surface area contributed by atoms with Crippen molar-refractivity contribution in [3.05, 3.63) is 33.1 Å². The molecule has 1 aliphatic heterocycles. The van der Waals surface area contributed by atoms with E-state index in [0.29, 0.717) is 12.0 Å². The van der Waals surface area contributed by atoms with E-state index in [1.165, 1.54) is 4.57 Å². The number of nitrogens with two attached hydrogens (primary N) is 1. The van der Waals surface area contributed by atoms with E-state index in [2.05, 4.69) is 4.98 Å². The Morgan fingerprint density at radius 1 is 1.58 bits per heavy atom. The molecule has 3 rings (SSSR count). The Kier molecular flexibility index (Phi) is 4.67. The number of allylic oxidation sites excluding steroid dienone is 2. The summed E-state index contributed by atoms with van der Waals surface area (Å²) >= 11 is 5.22. The zero-order valence-electron chi connectivity index (χ0n) is 13.4. The Hall–Kier alpha value is -1.09. The van der Waals surface area contributed by atoms with E-state index < -0.39 is 30.6 Å². The molecule has 4 atom stereocenters. The minimum atomic E-state index is -3.06.